The number of carbonyl (C=O) groups excluding carboxylic acids is 4. The number of benzene rings is 1. The van der Waals surface area contributed by atoms with Gasteiger partial charge in [-0.1, -0.05) is 12.1 Å². The fourth-order valence-corrected chi connectivity index (χ4v) is 3.99. The van der Waals surface area contributed by atoms with Crippen molar-refractivity contribution >= 4 is 23.8 Å². The van der Waals surface area contributed by atoms with Gasteiger partial charge in [0.25, 0.3) is 5.91 Å². The van der Waals surface area contributed by atoms with Gasteiger partial charge in [-0.15, -0.1) is 0 Å². The number of aliphatic carboxylic acids is 1. The van der Waals surface area contributed by atoms with Crippen LogP contribution in [-0.2, 0) is 25.7 Å². The SMILES string of the molecule is CC(C)N1C(=O)[C@@H]2[C@@H](CCN2C(=O)COCC(=O)[O-])N(Cc2cccc(F)c2)C1=O. The van der Waals surface area contributed by atoms with Crippen molar-refractivity contribution < 1.29 is 33.4 Å². The molecule has 0 unspecified atom stereocenters. The summed E-state index contributed by atoms with van der Waals surface area (Å²) in [5.41, 5.74) is 0.572. The Morgan fingerprint density at radius 3 is 2.63 bits per heavy atom. The average Bonchev–Trinajstić information content (AvgIpc) is 3.10. The number of amides is 4. The normalized spacial score (nSPS) is 21.4. The van der Waals surface area contributed by atoms with Gasteiger partial charge in [-0.3, -0.25) is 14.5 Å². The van der Waals surface area contributed by atoms with Crippen LogP contribution in [0.2, 0.25) is 0 Å². The third-order valence-corrected chi connectivity index (χ3v) is 5.23. The van der Waals surface area contributed by atoms with Crippen LogP contribution in [0.15, 0.2) is 24.3 Å². The van der Waals surface area contributed by atoms with Crippen molar-refractivity contribution in [2.75, 3.05) is 19.8 Å². The van der Waals surface area contributed by atoms with Crippen LogP contribution in [-0.4, -0.2) is 76.4 Å². The van der Waals surface area contributed by atoms with Crippen molar-refractivity contribution in [2.45, 2.75) is 44.9 Å². The van der Waals surface area contributed by atoms with E-state index in [4.69, 9.17) is 4.74 Å². The van der Waals surface area contributed by atoms with Crippen molar-refractivity contribution in [1.29, 1.82) is 0 Å². The van der Waals surface area contributed by atoms with Gasteiger partial charge in [0, 0.05) is 19.1 Å². The van der Waals surface area contributed by atoms with E-state index in [-0.39, 0.29) is 13.1 Å². The van der Waals surface area contributed by atoms with Crippen LogP contribution in [0.25, 0.3) is 0 Å². The largest absolute Gasteiger partial charge is 0.548 e. The number of nitrogens with zero attached hydrogens (tertiary/aromatic N) is 3. The number of imide groups is 1. The lowest BCUT2D eigenvalue weighted by molar-refractivity contribution is -0.309. The molecular formula is C20H23FN3O6-. The lowest BCUT2D eigenvalue weighted by atomic mass is 10.0. The number of rotatable bonds is 7. The van der Waals surface area contributed by atoms with Crippen LogP contribution in [0.4, 0.5) is 9.18 Å². The van der Waals surface area contributed by atoms with Crippen LogP contribution >= 0.6 is 0 Å². The molecule has 2 heterocycles. The van der Waals surface area contributed by atoms with E-state index in [0.29, 0.717) is 12.0 Å². The number of fused-ring (bicyclic) bond motifs is 1. The van der Waals surface area contributed by atoms with Crippen molar-refractivity contribution in [3.05, 3.63) is 35.6 Å². The number of urea groups is 1. The zero-order chi connectivity index (χ0) is 22.0. The Bertz CT molecular complexity index is 861. The Labute approximate surface area is 173 Å². The summed E-state index contributed by atoms with van der Waals surface area (Å²) in [7, 11) is 0. The third-order valence-electron chi connectivity index (χ3n) is 5.23. The zero-order valence-electron chi connectivity index (χ0n) is 16.7. The number of carboxylic acids is 1. The Morgan fingerprint density at radius 2 is 2.00 bits per heavy atom. The molecule has 0 N–H and O–H groups in total. The number of carboxylic acid groups (broad SMARTS) is 1. The molecule has 4 amide bonds. The molecule has 9 nitrogen and oxygen atoms in total. The maximum absolute atomic E-state index is 13.6. The van der Waals surface area contributed by atoms with Crippen LogP contribution in [0, 0.1) is 5.82 Å². The highest BCUT2D eigenvalue weighted by Crippen LogP contribution is 2.32. The predicted molar refractivity (Wildman–Crippen MR) is 99.1 cm³/mol. The Morgan fingerprint density at radius 1 is 1.27 bits per heavy atom. The summed E-state index contributed by atoms with van der Waals surface area (Å²) in [6.07, 6.45) is 0.371. The highest BCUT2D eigenvalue weighted by atomic mass is 19.1. The van der Waals surface area contributed by atoms with E-state index in [1.807, 2.05) is 0 Å². The number of halogens is 1. The Hall–Kier alpha value is -3.01. The van der Waals surface area contributed by atoms with E-state index in [1.54, 1.807) is 26.0 Å². The first-order valence-electron chi connectivity index (χ1n) is 9.66. The number of hydrogen-bond donors (Lipinski definition) is 0. The number of likely N-dealkylation sites (tertiary alicyclic amines) is 1. The molecule has 0 saturated carbocycles. The van der Waals surface area contributed by atoms with Crippen LogP contribution in [0.1, 0.15) is 25.8 Å². The summed E-state index contributed by atoms with van der Waals surface area (Å²) in [5, 5.41) is 10.5. The standard InChI is InChI=1S/C20H24FN3O6/c1-12(2)24-19(28)18-15(6-7-22(18)16(25)10-30-11-17(26)27)23(20(24)29)9-13-4-3-5-14(21)8-13/h3-5,8,12,15,18H,6-7,9-11H2,1-2H3,(H,26,27)/p-1/t15-,18+/m1/s1. The minimum Gasteiger partial charge on any atom is -0.548 e. The molecule has 2 aliphatic heterocycles. The first-order chi connectivity index (χ1) is 14.2. The second-order valence-electron chi connectivity index (χ2n) is 7.60. The minimum absolute atomic E-state index is 0.0947. The summed E-state index contributed by atoms with van der Waals surface area (Å²) >= 11 is 0. The van der Waals surface area contributed by atoms with E-state index in [1.165, 1.54) is 21.9 Å². The van der Waals surface area contributed by atoms with E-state index in [0.717, 1.165) is 4.90 Å². The van der Waals surface area contributed by atoms with Gasteiger partial charge >= 0.3 is 6.03 Å². The van der Waals surface area contributed by atoms with Gasteiger partial charge < -0.3 is 24.4 Å². The van der Waals surface area contributed by atoms with Crippen molar-refractivity contribution in [2.24, 2.45) is 0 Å². The minimum atomic E-state index is -1.45. The van der Waals surface area contributed by atoms with Gasteiger partial charge in [-0.2, -0.15) is 0 Å². The molecule has 30 heavy (non-hydrogen) atoms. The van der Waals surface area contributed by atoms with Crippen molar-refractivity contribution in [3.63, 3.8) is 0 Å². The third kappa shape index (κ3) is 4.28. The molecule has 3 rings (SSSR count). The molecule has 1 aromatic rings. The maximum atomic E-state index is 13.6. The van der Waals surface area contributed by atoms with E-state index < -0.39 is 61.0 Å². The second kappa shape index (κ2) is 8.78. The van der Waals surface area contributed by atoms with Gasteiger partial charge in [0.15, 0.2) is 0 Å². The van der Waals surface area contributed by atoms with Crippen LogP contribution in [0.3, 0.4) is 0 Å². The van der Waals surface area contributed by atoms with Gasteiger partial charge in [0.2, 0.25) is 5.91 Å². The molecule has 0 radical (unpaired) electrons. The van der Waals surface area contributed by atoms with Crippen LogP contribution in [0.5, 0.6) is 0 Å². The quantitative estimate of drug-likeness (QED) is 0.601. The average molecular weight is 420 g/mol. The number of hydrogen-bond acceptors (Lipinski definition) is 6. The molecule has 2 atom stereocenters. The lowest BCUT2D eigenvalue weighted by Gasteiger charge is -2.45. The van der Waals surface area contributed by atoms with Gasteiger partial charge in [-0.25, -0.2) is 9.18 Å². The van der Waals surface area contributed by atoms with Gasteiger partial charge in [0.05, 0.1) is 18.6 Å². The second-order valence-corrected chi connectivity index (χ2v) is 7.60. The van der Waals surface area contributed by atoms with E-state index in [2.05, 4.69) is 0 Å². The molecule has 2 fully saturated rings. The predicted octanol–water partition coefficient (Wildman–Crippen LogP) is -0.266. The summed E-state index contributed by atoms with van der Waals surface area (Å²) in [4.78, 5) is 53.1. The maximum Gasteiger partial charge on any atom is 0.327 e. The number of carbonyl (C=O) groups is 4. The Balaban J connectivity index is 1.85. The summed E-state index contributed by atoms with van der Waals surface area (Å²) < 4.78 is 18.4. The molecule has 0 aliphatic carbocycles. The molecule has 2 aliphatic rings. The molecule has 1 aromatic carbocycles. The van der Waals surface area contributed by atoms with E-state index in [9.17, 15) is 28.7 Å². The summed E-state index contributed by atoms with van der Waals surface area (Å²) in [6, 6.07) is 3.47. The van der Waals surface area contributed by atoms with Crippen LogP contribution < -0.4 is 5.11 Å². The van der Waals surface area contributed by atoms with Gasteiger partial charge in [0.1, 0.15) is 18.5 Å². The summed E-state index contributed by atoms with van der Waals surface area (Å²) in [6.45, 7) is 2.46. The summed E-state index contributed by atoms with van der Waals surface area (Å²) in [5.74, 6) is -2.91. The highest BCUT2D eigenvalue weighted by molar-refractivity contribution is 6.02. The smallest absolute Gasteiger partial charge is 0.327 e. The molecule has 162 valence electrons. The van der Waals surface area contributed by atoms with Crippen molar-refractivity contribution in [3.8, 4) is 0 Å². The van der Waals surface area contributed by atoms with E-state index >= 15 is 0 Å². The fraction of sp³-hybridized carbons (Fsp3) is 0.500. The lowest BCUT2D eigenvalue weighted by Crippen LogP contribution is -2.67. The molecule has 10 heteroatoms. The van der Waals surface area contributed by atoms with Gasteiger partial charge in [-0.05, 0) is 38.0 Å². The molecule has 2 saturated heterocycles. The molecule has 0 spiro atoms. The number of ether oxygens (including phenoxy) is 1. The topological polar surface area (TPSA) is 110 Å². The monoisotopic (exact) mass is 420 g/mol. The van der Waals surface area contributed by atoms with Crippen molar-refractivity contribution in [1.82, 2.24) is 14.7 Å². The Kier molecular flexibility index (Phi) is 6.35. The highest BCUT2D eigenvalue weighted by Gasteiger charge is 2.53. The zero-order valence-corrected chi connectivity index (χ0v) is 16.7. The molecule has 0 bridgehead atoms. The fourth-order valence-electron chi connectivity index (χ4n) is 3.99. The molecular weight excluding hydrogens is 397 g/mol. The molecule has 0 aromatic heterocycles. The first kappa shape index (κ1) is 21.7. The first-order valence-corrected chi connectivity index (χ1v) is 9.66.